The second-order valence-corrected chi connectivity index (χ2v) is 11.2. The minimum absolute atomic E-state index is 0. The molecule has 0 bridgehead atoms. The van der Waals surface area contributed by atoms with Crippen LogP contribution in [-0.2, 0) is 6.42 Å². The van der Waals surface area contributed by atoms with Gasteiger partial charge in [-0.3, -0.25) is 0 Å². The SMILES string of the molecule is CCCCCCCCCCCCCCC[CH]([SbH3+])CCc1ccccc1.[Cl-]. The zero-order valence-electron chi connectivity index (χ0n) is 17.4. The van der Waals surface area contributed by atoms with Gasteiger partial charge in [0.1, 0.15) is 0 Å². The molecular formula is C24H44ClSb. The monoisotopic (exact) mass is 488 g/mol. The van der Waals surface area contributed by atoms with Gasteiger partial charge in [0.15, 0.2) is 0 Å². The Morgan fingerprint density at radius 3 is 1.62 bits per heavy atom. The fourth-order valence-corrected chi connectivity index (χ4v) is 5.02. The van der Waals surface area contributed by atoms with Crippen LogP contribution < -0.4 is 12.4 Å². The smallest absolute Gasteiger partial charge is 1.00 e. The van der Waals surface area contributed by atoms with Crippen molar-refractivity contribution in [3.05, 3.63) is 35.9 Å². The summed E-state index contributed by atoms with van der Waals surface area (Å²) >= 11 is 1.13. The Morgan fingerprint density at radius 2 is 1.12 bits per heavy atom. The summed E-state index contributed by atoms with van der Waals surface area (Å²) in [6.07, 6.45) is 23.3. The second kappa shape index (κ2) is 20.1. The molecule has 1 aromatic rings. The van der Waals surface area contributed by atoms with E-state index in [1.165, 1.54) is 108 Å². The molecule has 0 radical (unpaired) electrons. The van der Waals surface area contributed by atoms with Crippen molar-refractivity contribution < 1.29 is 12.4 Å². The molecule has 0 aliphatic carbocycles. The minimum Gasteiger partial charge on any atom is -1.00 e. The van der Waals surface area contributed by atoms with Crippen LogP contribution >= 0.6 is 0 Å². The van der Waals surface area contributed by atoms with Gasteiger partial charge in [0, 0.05) is 0 Å². The molecule has 0 heterocycles. The standard InChI is InChI=1S/C24H41.ClH.Sb.3H/c1-2-3-4-5-6-7-8-9-10-11-12-13-14-15-16-18-21-24-22-19-17-20-23-24;;;;;/h16-17,19-20,22-23H,2-15,18,21H2,1H3;1H;;;;/q;;+1;;;/p-1. The summed E-state index contributed by atoms with van der Waals surface area (Å²) in [7, 11) is 0. The van der Waals surface area contributed by atoms with Crippen LogP contribution in [0.3, 0.4) is 0 Å². The van der Waals surface area contributed by atoms with Gasteiger partial charge in [-0.25, -0.2) is 0 Å². The number of benzene rings is 1. The van der Waals surface area contributed by atoms with Crippen molar-refractivity contribution in [2.24, 2.45) is 0 Å². The van der Waals surface area contributed by atoms with Gasteiger partial charge in [0.05, 0.1) is 0 Å². The summed E-state index contributed by atoms with van der Waals surface area (Å²) in [5.41, 5.74) is 1.53. The molecule has 0 aliphatic heterocycles. The molecule has 0 N–H and O–H groups in total. The van der Waals surface area contributed by atoms with E-state index in [0.717, 1.165) is 26.9 Å². The van der Waals surface area contributed by atoms with E-state index < -0.39 is 0 Å². The first-order chi connectivity index (χ1) is 12.3. The molecule has 0 saturated carbocycles. The molecule has 0 nitrogen and oxygen atoms in total. The van der Waals surface area contributed by atoms with Gasteiger partial charge >= 0.3 is 146 Å². The third kappa shape index (κ3) is 16.5. The maximum atomic E-state index is 2.30. The van der Waals surface area contributed by atoms with E-state index in [1.54, 1.807) is 0 Å². The Morgan fingerprint density at radius 1 is 0.654 bits per heavy atom. The first-order valence-corrected chi connectivity index (χ1v) is 13.5. The summed E-state index contributed by atoms with van der Waals surface area (Å²) < 4.78 is 1.05. The number of unbranched alkanes of at least 4 members (excludes halogenated alkanes) is 12. The van der Waals surface area contributed by atoms with Crippen molar-refractivity contribution in [1.82, 2.24) is 0 Å². The van der Waals surface area contributed by atoms with E-state index in [-0.39, 0.29) is 12.4 Å². The topological polar surface area (TPSA) is 0 Å². The Balaban J connectivity index is 0.00000625. The van der Waals surface area contributed by atoms with Crippen molar-refractivity contribution in [2.75, 3.05) is 0 Å². The van der Waals surface area contributed by atoms with Crippen molar-refractivity contribution in [2.45, 2.75) is 114 Å². The van der Waals surface area contributed by atoms with Crippen molar-refractivity contribution in [1.29, 1.82) is 0 Å². The number of halogens is 1. The van der Waals surface area contributed by atoms with Crippen LogP contribution in [0.2, 0.25) is 3.86 Å². The van der Waals surface area contributed by atoms with Gasteiger partial charge in [-0.2, -0.15) is 0 Å². The van der Waals surface area contributed by atoms with E-state index in [4.69, 9.17) is 0 Å². The van der Waals surface area contributed by atoms with E-state index in [1.807, 2.05) is 0 Å². The fraction of sp³-hybridized carbons (Fsp3) is 0.750. The summed E-state index contributed by atoms with van der Waals surface area (Å²) in [5, 5.41) is 0. The van der Waals surface area contributed by atoms with Gasteiger partial charge in [-0.15, -0.1) is 0 Å². The Kier molecular flexibility index (Phi) is 20.3. The van der Waals surface area contributed by atoms with Gasteiger partial charge in [0.2, 0.25) is 0 Å². The summed E-state index contributed by atoms with van der Waals surface area (Å²) in [6, 6.07) is 11.0. The molecule has 26 heavy (non-hydrogen) atoms. The van der Waals surface area contributed by atoms with Crippen LogP contribution in [-0.4, -0.2) is 23.0 Å². The van der Waals surface area contributed by atoms with E-state index >= 15 is 0 Å². The van der Waals surface area contributed by atoms with Gasteiger partial charge in [0.25, 0.3) is 0 Å². The van der Waals surface area contributed by atoms with Gasteiger partial charge in [-0.1, -0.05) is 26.2 Å². The first kappa shape index (κ1) is 26.3. The maximum absolute atomic E-state index is 2.30. The molecule has 0 spiro atoms. The number of hydrogen-bond acceptors (Lipinski definition) is 0. The third-order valence-corrected chi connectivity index (χ3v) is 7.73. The summed E-state index contributed by atoms with van der Waals surface area (Å²) in [6.45, 7) is 2.30. The zero-order valence-corrected chi connectivity index (χ0v) is 22.2. The second-order valence-electron chi connectivity index (χ2n) is 7.92. The quantitative estimate of drug-likeness (QED) is 0.227. The fourth-order valence-electron chi connectivity index (χ4n) is 3.61. The molecule has 1 atom stereocenters. The Hall–Kier alpha value is 0.328. The minimum atomic E-state index is 0. The van der Waals surface area contributed by atoms with Crippen LogP contribution in [0.1, 0.15) is 109 Å². The molecule has 0 aliphatic rings. The van der Waals surface area contributed by atoms with Crippen molar-refractivity contribution >= 4 is 23.0 Å². The van der Waals surface area contributed by atoms with Crippen LogP contribution in [0.4, 0.5) is 0 Å². The summed E-state index contributed by atoms with van der Waals surface area (Å²) in [4.78, 5) is 0. The molecular weight excluding hydrogens is 445 g/mol. The normalized spacial score (nSPS) is 12.0. The Bertz CT molecular complexity index is 379. The molecule has 152 valence electrons. The predicted molar refractivity (Wildman–Crippen MR) is 119 cm³/mol. The molecule has 0 fully saturated rings. The number of aryl methyl sites for hydroxylation is 1. The van der Waals surface area contributed by atoms with Crippen molar-refractivity contribution in [3.63, 3.8) is 0 Å². The van der Waals surface area contributed by atoms with Crippen LogP contribution in [0, 0.1) is 0 Å². The van der Waals surface area contributed by atoms with Crippen LogP contribution in [0.15, 0.2) is 30.3 Å². The predicted octanol–water partition coefficient (Wildman–Crippen LogP) is 4.26. The zero-order chi connectivity index (χ0) is 18.0. The van der Waals surface area contributed by atoms with Crippen molar-refractivity contribution in [3.8, 4) is 0 Å². The molecule has 0 saturated heterocycles. The Labute approximate surface area is 184 Å². The molecule has 0 amide bonds. The molecule has 1 unspecified atom stereocenters. The van der Waals surface area contributed by atoms with Crippen LogP contribution in [0.5, 0.6) is 0 Å². The molecule has 1 aromatic carbocycles. The number of rotatable bonds is 17. The maximum Gasteiger partial charge on any atom is -1.00 e. The average Bonchev–Trinajstić information content (AvgIpc) is 2.64. The van der Waals surface area contributed by atoms with E-state index in [0.29, 0.717) is 0 Å². The largest absolute Gasteiger partial charge is 1.00 e. The molecule has 0 aromatic heterocycles. The van der Waals surface area contributed by atoms with Gasteiger partial charge in [-0.05, 0) is 0 Å². The number of hydrogen-bond donors (Lipinski definition) is 0. The van der Waals surface area contributed by atoms with Gasteiger partial charge < -0.3 is 12.4 Å². The van der Waals surface area contributed by atoms with E-state index in [9.17, 15) is 0 Å². The first-order valence-electron chi connectivity index (χ1n) is 11.2. The third-order valence-electron chi connectivity index (χ3n) is 5.40. The summed E-state index contributed by atoms with van der Waals surface area (Å²) in [5.74, 6) is 0. The molecule has 1 rings (SSSR count). The molecule has 2 heteroatoms. The van der Waals surface area contributed by atoms with Crippen LogP contribution in [0.25, 0.3) is 0 Å². The average molecular weight is 490 g/mol. The van der Waals surface area contributed by atoms with E-state index in [2.05, 4.69) is 37.3 Å².